The van der Waals surface area contributed by atoms with E-state index in [-0.39, 0.29) is 0 Å². The van der Waals surface area contributed by atoms with Gasteiger partial charge in [-0.05, 0) is 51.7 Å². The minimum absolute atomic E-state index is 0.418. The first-order chi connectivity index (χ1) is 10.3. The van der Waals surface area contributed by atoms with Crippen LogP contribution in [0.15, 0.2) is 24.3 Å². The van der Waals surface area contributed by atoms with Crippen LogP contribution < -0.4 is 10.6 Å². The Bertz CT molecular complexity index is 508. The zero-order valence-electron chi connectivity index (χ0n) is 14.1. The molecule has 2 N–H and O–H groups in total. The number of hydrogen-bond acceptors (Lipinski definition) is 3. The summed E-state index contributed by atoms with van der Waals surface area (Å²) in [6.07, 6.45) is 4.61. The number of nitrogens with one attached hydrogen (secondary N) is 2. The van der Waals surface area contributed by atoms with Crippen molar-refractivity contribution >= 4 is 17.5 Å². The largest absolute Gasteiger partial charge is 0.444 e. The number of anilines is 2. The highest BCUT2D eigenvalue weighted by molar-refractivity contribution is 5.89. The normalized spacial score (nSPS) is 22.0. The van der Waals surface area contributed by atoms with E-state index in [9.17, 15) is 4.79 Å². The summed E-state index contributed by atoms with van der Waals surface area (Å²) in [5.74, 6) is 0.656. The average Bonchev–Trinajstić information content (AvgIpc) is 2.41. The standard InChI is InChI=1S/C18H28N2O2/c1-13-9-5-6-10-14(13)19-15-11-7-8-12-16(15)20-17(21)22-18(2,3)4/h7-8,11-14,19H,5-6,9-10H2,1-4H3,(H,20,21). The van der Waals surface area contributed by atoms with Gasteiger partial charge in [0.2, 0.25) is 0 Å². The summed E-state index contributed by atoms with van der Waals surface area (Å²) in [5, 5.41) is 6.44. The van der Waals surface area contributed by atoms with Crippen molar-refractivity contribution in [2.75, 3.05) is 10.6 Å². The van der Waals surface area contributed by atoms with Gasteiger partial charge in [-0.3, -0.25) is 5.32 Å². The van der Waals surface area contributed by atoms with Gasteiger partial charge in [0.25, 0.3) is 0 Å². The van der Waals surface area contributed by atoms with E-state index in [1.54, 1.807) is 0 Å². The van der Waals surface area contributed by atoms with E-state index >= 15 is 0 Å². The predicted molar refractivity (Wildman–Crippen MR) is 91.3 cm³/mol. The second-order valence-corrected chi connectivity index (χ2v) is 7.19. The molecular weight excluding hydrogens is 276 g/mol. The number of ether oxygens (including phenoxy) is 1. The average molecular weight is 304 g/mol. The summed E-state index contributed by atoms with van der Waals surface area (Å²) in [5.41, 5.74) is 1.24. The number of carbonyl (C=O) groups is 1. The lowest BCUT2D eigenvalue weighted by atomic mass is 9.86. The molecule has 122 valence electrons. The number of para-hydroxylation sites is 2. The quantitative estimate of drug-likeness (QED) is 0.824. The van der Waals surface area contributed by atoms with Crippen LogP contribution in [0.1, 0.15) is 53.4 Å². The fraction of sp³-hybridized carbons (Fsp3) is 0.611. The Morgan fingerprint density at radius 2 is 1.77 bits per heavy atom. The number of benzene rings is 1. The van der Waals surface area contributed by atoms with Crippen molar-refractivity contribution in [1.29, 1.82) is 0 Å². The van der Waals surface area contributed by atoms with Gasteiger partial charge in [-0.1, -0.05) is 31.9 Å². The zero-order valence-corrected chi connectivity index (χ0v) is 14.1. The first-order valence-corrected chi connectivity index (χ1v) is 8.21. The molecule has 0 spiro atoms. The molecule has 2 atom stereocenters. The van der Waals surface area contributed by atoms with Crippen LogP contribution in [-0.2, 0) is 4.74 Å². The summed E-state index contributed by atoms with van der Waals surface area (Å²) >= 11 is 0. The predicted octanol–water partition coefficient (Wildman–Crippen LogP) is 5.02. The van der Waals surface area contributed by atoms with E-state index in [1.807, 2.05) is 45.0 Å². The van der Waals surface area contributed by atoms with Crippen LogP contribution in [0.5, 0.6) is 0 Å². The number of amides is 1. The molecule has 1 aromatic rings. The summed E-state index contributed by atoms with van der Waals surface area (Å²) < 4.78 is 5.33. The Morgan fingerprint density at radius 1 is 1.14 bits per heavy atom. The molecule has 0 aliphatic heterocycles. The minimum atomic E-state index is -0.496. The van der Waals surface area contributed by atoms with Crippen molar-refractivity contribution in [3.8, 4) is 0 Å². The van der Waals surface area contributed by atoms with E-state index in [1.165, 1.54) is 25.7 Å². The molecule has 1 aliphatic rings. The van der Waals surface area contributed by atoms with Crippen LogP contribution >= 0.6 is 0 Å². The third-order valence-corrected chi connectivity index (χ3v) is 4.02. The van der Waals surface area contributed by atoms with Gasteiger partial charge in [0.15, 0.2) is 0 Å². The highest BCUT2D eigenvalue weighted by atomic mass is 16.6. The van der Waals surface area contributed by atoms with Crippen LogP contribution in [-0.4, -0.2) is 17.7 Å². The monoisotopic (exact) mass is 304 g/mol. The molecule has 0 heterocycles. The third-order valence-electron chi connectivity index (χ3n) is 4.02. The molecule has 1 saturated carbocycles. The van der Waals surface area contributed by atoms with E-state index in [4.69, 9.17) is 4.74 Å². The number of hydrogen-bond donors (Lipinski definition) is 2. The molecule has 1 fully saturated rings. The van der Waals surface area contributed by atoms with Gasteiger partial charge in [-0.25, -0.2) is 4.79 Å². The maximum Gasteiger partial charge on any atom is 0.412 e. The van der Waals surface area contributed by atoms with E-state index < -0.39 is 11.7 Å². The van der Waals surface area contributed by atoms with Crippen LogP contribution in [0.3, 0.4) is 0 Å². The minimum Gasteiger partial charge on any atom is -0.444 e. The maximum absolute atomic E-state index is 12.0. The molecule has 0 radical (unpaired) electrons. The SMILES string of the molecule is CC1CCCCC1Nc1ccccc1NC(=O)OC(C)(C)C. The second kappa shape index (κ2) is 7.03. The highest BCUT2D eigenvalue weighted by Gasteiger charge is 2.22. The van der Waals surface area contributed by atoms with Gasteiger partial charge in [0.05, 0.1) is 11.4 Å². The van der Waals surface area contributed by atoms with Gasteiger partial charge in [0.1, 0.15) is 5.60 Å². The molecule has 4 heteroatoms. The van der Waals surface area contributed by atoms with Gasteiger partial charge >= 0.3 is 6.09 Å². The fourth-order valence-corrected chi connectivity index (χ4v) is 2.86. The van der Waals surface area contributed by atoms with Gasteiger partial charge in [-0.15, -0.1) is 0 Å². The van der Waals surface area contributed by atoms with Crippen LogP contribution in [0, 0.1) is 5.92 Å². The highest BCUT2D eigenvalue weighted by Crippen LogP contribution is 2.30. The summed E-state index contributed by atoms with van der Waals surface area (Å²) in [7, 11) is 0. The molecule has 2 unspecified atom stereocenters. The van der Waals surface area contributed by atoms with Crippen molar-refractivity contribution in [3.63, 3.8) is 0 Å². The molecule has 0 aromatic heterocycles. The van der Waals surface area contributed by atoms with Gasteiger partial charge < -0.3 is 10.1 Å². The van der Waals surface area contributed by atoms with Crippen molar-refractivity contribution in [3.05, 3.63) is 24.3 Å². The molecule has 0 bridgehead atoms. The summed E-state index contributed by atoms with van der Waals surface area (Å²) in [4.78, 5) is 12.0. The van der Waals surface area contributed by atoms with Crippen molar-refractivity contribution in [2.24, 2.45) is 5.92 Å². The summed E-state index contributed by atoms with van der Waals surface area (Å²) in [6.45, 7) is 7.88. The fourth-order valence-electron chi connectivity index (χ4n) is 2.86. The molecule has 4 nitrogen and oxygen atoms in total. The van der Waals surface area contributed by atoms with Gasteiger partial charge in [-0.2, -0.15) is 0 Å². The van der Waals surface area contributed by atoms with Crippen molar-refractivity contribution < 1.29 is 9.53 Å². The lowest BCUT2D eigenvalue weighted by Gasteiger charge is -2.31. The van der Waals surface area contributed by atoms with E-state index in [0.717, 1.165) is 11.4 Å². The topological polar surface area (TPSA) is 50.4 Å². The molecule has 0 saturated heterocycles. The van der Waals surface area contributed by atoms with Crippen LogP contribution in [0.2, 0.25) is 0 Å². The Morgan fingerprint density at radius 3 is 2.41 bits per heavy atom. The lowest BCUT2D eigenvalue weighted by molar-refractivity contribution is 0.0636. The Labute approximate surface area is 133 Å². The first kappa shape index (κ1) is 16.7. The van der Waals surface area contributed by atoms with E-state index in [2.05, 4.69) is 17.6 Å². The molecule has 22 heavy (non-hydrogen) atoms. The zero-order chi connectivity index (χ0) is 16.2. The molecule has 1 amide bonds. The Hall–Kier alpha value is -1.71. The molecular formula is C18H28N2O2. The lowest BCUT2D eigenvalue weighted by Crippen LogP contribution is -2.31. The van der Waals surface area contributed by atoms with E-state index in [0.29, 0.717) is 12.0 Å². The summed E-state index contributed by atoms with van der Waals surface area (Å²) in [6, 6.07) is 8.28. The smallest absolute Gasteiger partial charge is 0.412 e. The van der Waals surface area contributed by atoms with Crippen molar-refractivity contribution in [2.45, 2.75) is 65.0 Å². The molecule has 1 aromatic carbocycles. The second-order valence-electron chi connectivity index (χ2n) is 7.19. The van der Waals surface area contributed by atoms with Gasteiger partial charge in [0, 0.05) is 6.04 Å². The van der Waals surface area contributed by atoms with Crippen LogP contribution in [0.25, 0.3) is 0 Å². The first-order valence-electron chi connectivity index (χ1n) is 8.21. The number of rotatable bonds is 3. The third kappa shape index (κ3) is 4.93. The maximum atomic E-state index is 12.0. The van der Waals surface area contributed by atoms with Crippen LogP contribution in [0.4, 0.5) is 16.2 Å². The van der Waals surface area contributed by atoms with Crippen molar-refractivity contribution in [1.82, 2.24) is 0 Å². The Kier molecular flexibility index (Phi) is 5.33. The number of carbonyl (C=O) groups excluding carboxylic acids is 1. The molecule has 1 aliphatic carbocycles. The Balaban J connectivity index is 2.04. The molecule has 2 rings (SSSR count).